The van der Waals surface area contributed by atoms with E-state index in [0.717, 1.165) is 73.1 Å². The van der Waals surface area contributed by atoms with Crippen LogP contribution in [-0.4, -0.2) is 53.9 Å². The number of benzene rings is 3. The maximum absolute atomic E-state index is 13.8. The van der Waals surface area contributed by atoms with Gasteiger partial charge in [0.2, 0.25) is 0 Å². The zero-order valence-corrected chi connectivity index (χ0v) is 31.1. The van der Waals surface area contributed by atoms with E-state index in [1.54, 1.807) is 0 Å². The Labute approximate surface area is 309 Å². The number of fused-ring (bicyclic) bond motifs is 10. The second kappa shape index (κ2) is 12.2. The zero-order chi connectivity index (χ0) is 37.9. The van der Waals surface area contributed by atoms with E-state index in [2.05, 4.69) is 41.5 Å². The molecule has 2 aliphatic carbocycles. The molecular weight excluding hydrogens is 680 g/mol. The van der Waals surface area contributed by atoms with Crippen LogP contribution in [0.2, 0.25) is 0 Å². The summed E-state index contributed by atoms with van der Waals surface area (Å²) >= 11 is 0. The minimum atomic E-state index is -1.08. The maximum Gasteiger partial charge on any atom is 0.338 e. The molecule has 3 heterocycles. The Kier molecular flexibility index (Phi) is 8.13. The van der Waals surface area contributed by atoms with Crippen molar-refractivity contribution in [3.8, 4) is 51.7 Å². The molecule has 5 aliphatic rings. The molecule has 4 unspecified atom stereocenters. The second-order valence-corrected chi connectivity index (χ2v) is 17.4. The number of phenols is 6. The largest absolute Gasteiger partial charge is 0.504 e. The number of carbonyl (C=O) groups is 1. The Hall–Kier alpha value is -4.67. The summed E-state index contributed by atoms with van der Waals surface area (Å²) in [5, 5.41) is 61.8. The molecule has 8 rings (SSSR count). The first-order chi connectivity index (χ1) is 24.9. The van der Waals surface area contributed by atoms with Gasteiger partial charge in [0, 0.05) is 40.5 Å². The smallest absolute Gasteiger partial charge is 0.338 e. The van der Waals surface area contributed by atoms with Gasteiger partial charge in [-0.3, -0.25) is 0 Å². The van der Waals surface area contributed by atoms with E-state index in [4.69, 9.17) is 18.9 Å². The number of aromatic hydroxyl groups is 6. The summed E-state index contributed by atoms with van der Waals surface area (Å²) in [7, 11) is 0. The monoisotopic (exact) mass is 730 g/mol. The molecule has 0 bridgehead atoms. The number of rotatable bonds is 3. The SMILES string of the molecule is C[C@@H]1CCC2C(C1)c1c(c3c(c4c1OC(C)(C)C1CC[C@@H](C)CC41)O[C@H](c1cc(O)c(O)c(O)c1)[C@H](OC(=O)c1cc(O)c(O)c(O)c1)C3)OC2(C)C. The van der Waals surface area contributed by atoms with Crippen LogP contribution in [0, 0.1) is 23.7 Å². The first kappa shape index (κ1) is 35.4. The predicted octanol–water partition coefficient (Wildman–Crippen LogP) is 8.20. The molecule has 0 amide bonds. The molecule has 53 heavy (non-hydrogen) atoms. The van der Waals surface area contributed by atoms with Gasteiger partial charge in [-0.15, -0.1) is 0 Å². The third kappa shape index (κ3) is 5.64. The number of ether oxygens (including phenoxy) is 4. The van der Waals surface area contributed by atoms with Gasteiger partial charge in [0.1, 0.15) is 34.6 Å². The average Bonchev–Trinajstić information content (AvgIpc) is 3.08. The molecule has 2 fully saturated rings. The lowest BCUT2D eigenvalue weighted by molar-refractivity contribution is -0.0431. The topological polar surface area (TPSA) is 175 Å². The van der Waals surface area contributed by atoms with Gasteiger partial charge in [-0.05, 0) is 101 Å². The third-order valence-electron chi connectivity index (χ3n) is 13.0. The average molecular weight is 731 g/mol. The van der Waals surface area contributed by atoms with E-state index >= 15 is 0 Å². The molecule has 0 saturated heterocycles. The Balaban J connectivity index is 1.35. The van der Waals surface area contributed by atoms with Crippen LogP contribution in [0.3, 0.4) is 0 Å². The molecule has 3 aliphatic heterocycles. The fourth-order valence-electron chi connectivity index (χ4n) is 10.4. The molecular formula is C42H50O11. The van der Waals surface area contributed by atoms with Gasteiger partial charge in [0.05, 0.1) is 5.56 Å². The van der Waals surface area contributed by atoms with Gasteiger partial charge in [0.25, 0.3) is 0 Å². The lowest BCUT2D eigenvalue weighted by Crippen LogP contribution is -2.50. The lowest BCUT2D eigenvalue weighted by Gasteiger charge is -2.54. The first-order valence-electron chi connectivity index (χ1n) is 18.9. The van der Waals surface area contributed by atoms with Crippen LogP contribution in [0.25, 0.3) is 0 Å². The minimum Gasteiger partial charge on any atom is -0.504 e. The Morgan fingerprint density at radius 1 is 0.679 bits per heavy atom. The van der Waals surface area contributed by atoms with Gasteiger partial charge >= 0.3 is 5.97 Å². The first-order valence-corrected chi connectivity index (χ1v) is 18.9. The van der Waals surface area contributed by atoms with Crippen LogP contribution in [-0.2, 0) is 11.2 Å². The van der Waals surface area contributed by atoms with E-state index in [1.165, 1.54) is 12.1 Å². The van der Waals surface area contributed by atoms with Crippen molar-refractivity contribution in [3.05, 3.63) is 52.1 Å². The van der Waals surface area contributed by atoms with Crippen LogP contribution in [0.1, 0.15) is 131 Å². The third-order valence-corrected chi connectivity index (χ3v) is 13.0. The molecule has 3 aromatic carbocycles. The highest BCUT2D eigenvalue weighted by atomic mass is 16.6. The van der Waals surface area contributed by atoms with Crippen LogP contribution in [0.5, 0.6) is 51.7 Å². The molecule has 11 heteroatoms. The number of hydrogen-bond acceptors (Lipinski definition) is 11. The summed E-state index contributed by atoms with van der Waals surface area (Å²) in [5.41, 5.74) is 1.86. The second-order valence-electron chi connectivity index (χ2n) is 17.4. The molecule has 6 N–H and O–H groups in total. The van der Waals surface area contributed by atoms with Crippen molar-refractivity contribution in [2.24, 2.45) is 23.7 Å². The Morgan fingerprint density at radius 2 is 1.15 bits per heavy atom. The number of hydrogen-bond donors (Lipinski definition) is 6. The van der Waals surface area contributed by atoms with Gasteiger partial charge in [-0.2, -0.15) is 0 Å². The van der Waals surface area contributed by atoms with Crippen molar-refractivity contribution in [1.29, 1.82) is 0 Å². The van der Waals surface area contributed by atoms with Crippen molar-refractivity contribution in [3.63, 3.8) is 0 Å². The van der Waals surface area contributed by atoms with Gasteiger partial charge in [-0.1, -0.05) is 26.7 Å². The maximum atomic E-state index is 13.8. The summed E-state index contributed by atoms with van der Waals surface area (Å²) in [6.07, 6.45) is 4.10. The summed E-state index contributed by atoms with van der Waals surface area (Å²) in [4.78, 5) is 13.8. The summed E-state index contributed by atoms with van der Waals surface area (Å²) in [6.45, 7) is 13.2. The fraction of sp³-hybridized carbons (Fsp3) is 0.548. The van der Waals surface area contributed by atoms with E-state index in [9.17, 15) is 35.4 Å². The normalized spacial score (nSPS) is 30.5. The van der Waals surface area contributed by atoms with Crippen LogP contribution >= 0.6 is 0 Å². The number of esters is 1. The van der Waals surface area contributed by atoms with Crippen LogP contribution < -0.4 is 14.2 Å². The Bertz CT molecular complexity index is 1950. The van der Waals surface area contributed by atoms with Crippen molar-refractivity contribution in [1.82, 2.24) is 0 Å². The zero-order valence-electron chi connectivity index (χ0n) is 31.1. The van der Waals surface area contributed by atoms with E-state index in [1.807, 2.05) is 0 Å². The minimum absolute atomic E-state index is 0.107. The Morgan fingerprint density at radius 3 is 1.68 bits per heavy atom. The fourth-order valence-corrected chi connectivity index (χ4v) is 10.4. The molecule has 284 valence electrons. The lowest BCUT2D eigenvalue weighted by atomic mass is 9.60. The summed E-state index contributed by atoms with van der Waals surface area (Å²) in [5.74, 6) is -1.12. The quantitative estimate of drug-likeness (QED) is 0.113. The van der Waals surface area contributed by atoms with Crippen LogP contribution in [0.4, 0.5) is 0 Å². The number of phenolic OH excluding ortho intramolecular Hbond substituents is 6. The molecule has 0 spiro atoms. The molecule has 11 nitrogen and oxygen atoms in total. The molecule has 3 aromatic rings. The van der Waals surface area contributed by atoms with Crippen molar-refractivity contribution in [2.45, 2.75) is 122 Å². The highest BCUT2D eigenvalue weighted by molar-refractivity contribution is 5.91. The van der Waals surface area contributed by atoms with E-state index in [-0.39, 0.29) is 41.2 Å². The van der Waals surface area contributed by atoms with Crippen molar-refractivity contribution >= 4 is 5.97 Å². The number of carbonyl (C=O) groups excluding carboxylic acids is 1. The molecule has 8 atom stereocenters. The van der Waals surface area contributed by atoms with Crippen molar-refractivity contribution < 1.29 is 54.4 Å². The van der Waals surface area contributed by atoms with E-state index < -0.39 is 63.9 Å². The highest BCUT2D eigenvalue weighted by Gasteiger charge is 2.55. The summed E-state index contributed by atoms with van der Waals surface area (Å²) < 4.78 is 27.5. The molecule has 2 saturated carbocycles. The van der Waals surface area contributed by atoms with Gasteiger partial charge < -0.3 is 49.6 Å². The summed E-state index contributed by atoms with van der Waals surface area (Å²) in [6, 6.07) is 4.54. The highest BCUT2D eigenvalue weighted by Crippen LogP contribution is 2.66. The van der Waals surface area contributed by atoms with Crippen molar-refractivity contribution in [2.75, 3.05) is 0 Å². The predicted molar refractivity (Wildman–Crippen MR) is 193 cm³/mol. The molecule has 0 radical (unpaired) electrons. The van der Waals surface area contributed by atoms with E-state index in [0.29, 0.717) is 23.3 Å². The van der Waals surface area contributed by atoms with Gasteiger partial charge in [0.15, 0.2) is 40.6 Å². The molecule has 0 aromatic heterocycles. The van der Waals surface area contributed by atoms with Gasteiger partial charge in [-0.25, -0.2) is 4.79 Å². The standard InChI is InChI=1S/C42H50O11/c1-18-7-9-25-22(11-18)32-37-24(38-33(39(32)53-42(25,5)6)23-12-19(2)8-10-26(23)41(3,4)52-38)17-31(36(51-37)20-13-27(43)34(47)28(44)14-20)50-40(49)21-15-29(45)35(48)30(46)16-21/h13-16,18-19,22-23,25-26,31,36,43-48H,7-12,17H2,1-6H3/t18-,19-,22?,23?,25?,26?,31-,36-/m1/s1. The van der Waals surface area contributed by atoms with Crippen LogP contribution in [0.15, 0.2) is 24.3 Å².